The second kappa shape index (κ2) is 17.7. The molecule has 0 spiro atoms. The molecule has 4 nitrogen and oxygen atoms in total. The van der Waals surface area contributed by atoms with E-state index in [9.17, 15) is 9.59 Å². The molecule has 1 rings (SSSR count). The lowest BCUT2D eigenvalue weighted by molar-refractivity contribution is 0.0205. The van der Waals surface area contributed by atoms with Crippen molar-refractivity contribution in [2.75, 3.05) is 0 Å². The van der Waals surface area contributed by atoms with Crippen LogP contribution in [0.4, 0.5) is 0 Å². The van der Waals surface area contributed by atoms with Gasteiger partial charge in [-0.1, -0.05) is 91.2 Å². The predicted octanol–water partition coefficient (Wildman–Crippen LogP) is 8.28. The SMILES string of the molecule is CCCCCCC(CCC)OC(=O)c1ccccc1C(=O)OC(CCC)CCCCCC. The average molecular weight is 447 g/mol. The summed E-state index contributed by atoms with van der Waals surface area (Å²) in [5.74, 6) is -0.831. The summed E-state index contributed by atoms with van der Waals surface area (Å²) in [5, 5.41) is 0. The first-order valence-corrected chi connectivity index (χ1v) is 13.1. The van der Waals surface area contributed by atoms with Crippen molar-refractivity contribution in [2.24, 2.45) is 0 Å². The highest BCUT2D eigenvalue weighted by atomic mass is 16.5. The van der Waals surface area contributed by atoms with Crippen molar-refractivity contribution in [3.63, 3.8) is 0 Å². The highest BCUT2D eigenvalue weighted by Gasteiger charge is 2.23. The number of esters is 2. The van der Waals surface area contributed by atoms with E-state index in [2.05, 4.69) is 27.7 Å². The van der Waals surface area contributed by atoms with Crippen molar-refractivity contribution in [3.05, 3.63) is 35.4 Å². The Hall–Kier alpha value is -1.84. The predicted molar refractivity (Wildman–Crippen MR) is 132 cm³/mol. The first-order valence-electron chi connectivity index (χ1n) is 13.1. The number of hydrogen-bond donors (Lipinski definition) is 0. The van der Waals surface area contributed by atoms with Crippen LogP contribution in [0.25, 0.3) is 0 Å². The smallest absolute Gasteiger partial charge is 0.339 e. The highest BCUT2D eigenvalue weighted by molar-refractivity contribution is 6.03. The van der Waals surface area contributed by atoms with E-state index in [1.165, 1.54) is 25.7 Å². The van der Waals surface area contributed by atoms with E-state index < -0.39 is 11.9 Å². The third-order valence-electron chi connectivity index (χ3n) is 5.89. The molecule has 2 atom stereocenters. The van der Waals surface area contributed by atoms with Crippen LogP contribution in [-0.2, 0) is 9.47 Å². The van der Waals surface area contributed by atoms with E-state index in [-0.39, 0.29) is 12.2 Å². The van der Waals surface area contributed by atoms with Gasteiger partial charge in [-0.2, -0.15) is 0 Å². The van der Waals surface area contributed by atoms with Gasteiger partial charge in [0, 0.05) is 0 Å². The summed E-state index contributed by atoms with van der Waals surface area (Å²) in [4.78, 5) is 25.9. The van der Waals surface area contributed by atoms with Gasteiger partial charge in [-0.3, -0.25) is 0 Å². The Bertz CT molecular complexity index is 585. The van der Waals surface area contributed by atoms with Crippen LogP contribution in [0.15, 0.2) is 24.3 Å². The number of carbonyl (C=O) groups excluding carboxylic acids is 2. The van der Waals surface area contributed by atoms with E-state index in [0.717, 1.165) is 64.2 Å². The summed E-state index contributed by atoms with van der Waals surface area (Å²) in [7, 11) is 0. The second-order valence-electron chi connectivity index (χ2n) is 8.88. The fourth-order valence-electron chi connectivity index (χ4n) is 4.03. The standard InChI is InChI=1S/C28H46O4/c1-5-9-11-13-19-23(17-7-3)31-27(29)25-21-15-16-22-26(25)28(30)32-24(18-8-4)20-14-12-10-6-2/h15-16,21-24H,5-14,17-20H2,1-4H3. The normalized spacial score (nSPS) is 12.9. The van der Waals surface area contributed by atoms with Crippen molar-refractivity contribution < 1.29 is 19.1 Å². The van der Waals surface area contributed by atoms with Gasteiger partial charge >= 0.3 is 11.9 Å². The third kappa shape index (κ3) is 11.2. The second-order valence-corrected chi connectivity index (χ2v) is 8.88. The van der Waals surface area contributed by atoms with Crippen LogP contribution in [0, 0.1) is 0 Å². The molecular formula is C28H46O4. The van der Waals surface area contributed by atoms with Crippen LogP contribution < -0.4 is 0 Å². The van der Waals surface area contributed by atoms with Crippen molar-refractivity contribution in [1.82, 2.24) is 0 Å². The van der Waals surface area contributed by atoms with Gasteiger partial charge in [0.2, 0.25) is 0 Å². The Labute approximate surface area is 196 Å². The third-order valence-corrected chi connectivity index (χ3v) is 5.89. The zero-order valence-corrected chi connectivity index (χ0v) is 21.0. The zero-order chi connectivity index (χ0) is 23.6. The lowest BCUT2D eigenvalue weighted by Gasteiger charge is -2.20. The molecule has 1 aromatic rings. The summed E-state index contributed by atoms with van der Waals surface area (Å²) < 4.78 is 11.7. The lowest BCUT2D eigenvalue weighted by Crippen LogP contribution is -2.23. The zero-order valence-electron chi connectivity index (χ0n) is 21.0. The van der Waals surface area contributed by atoms with Crippen LogP contribution in [0.3, 0.4) is 0 Å². The molecule has 0 aliphatic heterocycles. The van der Waals surface area contributed by atoms with Gasteiger partial charge in [0.25, 0.3) is 0 Å². The minimum Gasteiger partial charge on any atom is -0.459 e. The Morgan fingerprint density at radius 2 is 1.00 bits per heavy atom. The molecule has 0 aliphatic rings. The number of benzene rings is 1. The highest BCUT2D eigenvalue weighted by Crippen LogP contribution is 2.20. The van der Waals surface area contributed by atoms with Gasteiger partial charge in [0.1, 0.15) is 12.2 Å². The van der Waals surface area contributed by atoms with Crippen LogP contribution in [-0.4, -0.2) is 24.1 Å². The molecule has 0 saturated carbocycles. The van der Waals surface area contributed by atoms with Crippen LogP contribution in [0.5, 0.6) is 0 Å². The van der Waals surface area contributed by atoms with Crippen molar-refractivity contribution in [3.8, 4) is 0 Å². The first-order chi connectivity index (χ1) is 15.6. The van der Waals surface area contributed by atoms with E-state index >= 15 is 0 Å². The van der Waals surface area contributed by atoms with Gasteiger partial charge in [0.05, 0.1) is 11.1 Å². The minimum atomic E-state index is -0.415. The number of carbonyl (C=O) groups is 2. The van der Waals surface area contributed by atoms with Crippen molar-refractivity contribution >= 4 is 11.9 Å². The topological polar surface area (TPSA) is 52.6 Å². The molecule has 0 radical (unpaired) electrons. The molecule has 0 bridgehead atoms. The summed E-state index contributed by atoms with van der Waals surface area (Å²) in [6, 6.07) is 6.90. The van der Waals surface area contributed by atoms with E-state index in [4.69, 9.17) is 9.47 Å². The largest absolute Gasteiger partial charge is 0.459 e. The number of hydrogen-bond acceptors (Lipinski definition) is 4. The maximum absolute atomic E-state index is 13.0. The van der Waals surface area contributed by atoms with Crippen molar-refractivity contribution in [2.45, 2.75) is 130 Å². The quantitative estimate of drug-likeness (QED) is 0.168. The Morgan fingerprint density at radius 3 is 1.34 bits per heavy atom. The summed E-state index contributed by atoms with van der Waals surface area (Å²) >= 11 is 0. The van der Waals surface area contributed by atoms with Crippen LogP contribution in [0.1, 0.15) is 138 Å². The minimum absolute atomic E-state index is 0.0974. The molecule has 0 N–H and O–H groups in total. The molecule has 0 heterocycles. The first kappa shape index (κ1) is 28.2. The van der Waals surface area contributed by atoms with Gasteiger partial charge in [-0.05, 0) is 50.7 Å². The maximum Gasteiger partial charge on any atom is 0.339 e. The number of ether oxygens (including phenoxy) is 2. The van der Waals surface area contributed by atoms with Crippen LogP contribution in [0.2, 0.25) is 0 Å². The van der Waals surface area contributed by atoms with Gasteiger partial charge in [0.15, 0.2) is 0 Å². The molecule has 2 unspecified atom stereocenters. The van der Waals surface area contributed by atoms with Gasteiger partial charge in [-0.15, -0.1) is 0 Å². The number of rotatable bonds is 18. The molecular weight excluding hydrogens is 400 g/mol. The Balaban J connectivity index is 2.80. The Kier molecular flexibility index (Phi) is 15.6. The lowest BCUT2D eigenvalue weighted by atomic mass is 10.0. The van der Waals surface area contributed by atoms with E-state index in [1.807, 2.05) is 0 Å². The fraction of sp³-hybridized carbons (Fsp3) is 0.714. The molecule has 4 heteroatoms. The van der Waals surface area contributed by atoms with Gasteiger partial charge in [-0.25, -0.2) is 9.59 Å². The molecule has 0 fully saturated rings. The molecule has 182 valence electrons. The van der Waals surface area contributed by atoms with E-state index in [0.29, 0.717) is 11.1 Å². The van der Waals surface area contributed by atoms with Gasteiger partial charge < -0.3 is 9.47 Å². The maximum atomic E-state index is 13.0. The average Bonchev–Trinajstić information content (AvgIpc) is 2.79. The summed E-state index contributed by atoms with van der Waals surface area (Å²) in [5.41, 5.74) is 0.627. The molecule has 1 aromatic carbocycles. The van der Waals surface area contributed by atoms with Crippen LogP contribution >= 0.6 is 0 Å². The fourth-order valence-corrected chi connectivity index (χ4v) is 4.03. The molecule has 0 aromatic heterocycles. The number of unbranched alkanes of at least 4 members (excludes halogenated alkanes) is 6. The van der Waals surface area contributed by atoms with E-state index in [1.54, 1.807) is 24.3 Å². The summed E-state index contributed by atoms with van der Waals surface area (Å²) in [6.07, 6.45) is 14.4. The molecule has 0 amide bonds. The molecule has 0 saturated heterocycles. The monoisotopic (exact) mass is 446 g/mol. The molecule has 32 heavy (non-hydrogen) atoms. The molecule has 0 aliphatic carbocycles. The Morgan fingerprint density at radius 1 is 0.594 bits per heavy atom. The summed E-state index contributed by atoms with van der Waals surface area (Å²) in [6.45, 7) is 8.59. The van der Waals surface area contributed by atoms with Crippen molar-refractivity contribution in [1.29, 1.82) is 0 Å².